The van der Waals surface area contributed by atoms with Gasteiger partial charge < -0.3 is 20.1 Å². The number of rotatable bonds is 5. The first-order chi connectivity index (χ1) is 8.49. The lowest BCUT2D eigenvalue weighted by atomic mass is 10.1. The molecule has 7 nitrogen and oxygen atoms in total. The maximum Gasteiger partial charge on any atom is 0.336 e. The molecule has 0 radical (unpaired) electrons. The average Bonchev–Trinajstić information content (AvgIpc) is 2.75. The zero-order valence-corrected chi connectivity index (χ0v) is 10.5. The van der Waals surface area contributed by atoms with E-state index in [1.165, 1.54) is 0 Å². The molecule has 18 heavy (non-hydrogen) atoms. The normalized spacial score (nSPS) is 20.7. The molecule has 0 aromatic carbocycles. The van der Waals surface area contributed by atoms with Crippen molar-refractivity contribution in [1.82, 2.24) is 10.2 Å². The van der Waals surface area contributed by atoms with Crippen molar-refractivity contribution in [3.63, 3.8) is 0 Å². The lowest BCUT2D eigenvalue weighted by Gasteiger charge is -2.14. The Balaban J connectivity index is 2.38. The van der Waals surface area contributed by atoms with Crippen molar-refractivity contribution in [3.05, 3.63) is 0 Å². The molecule has 1 aliphatic heterocycles. The molecule has 1 fully saturated rings. The lowest BCUT2D eigenvalue weighted by Crippen LogP contribution is -2.40. The zero-order chi connectivity index (χ0) is 13.7. The Kier molecular flexibility index (Phi) is 5.08. The average molecular weight is 258 g/mol. The van der Waals surface area contributed by atoms with Gasteiger partial charge in [-0.05, 0) is 6.92 Å². The number of hydrogen-bond donors (Lipinski definition) is 2. The molecule has 2 unspecified atom stereocenters. The summed E-state index contributed by atoms with van der Waals surface area (Å²) in [6, 6.07) is 0. The molecule has 102 valence electrons. The molecule has 2 atom stereocenters. The van der Waals surface area contributed by atoms with Crippen LogP contribution in [0.15, 0.2) is 0 Å². The van der Waals surface area contributed by atoms with Crippen molar-refractivity contribution in [2.45, 2.75) is 19.4 Å². The minimum atomic E-state index is -1.38. The highest BCUT2D eigenvalue weighted by Crippen LogP contribution is 2.17. The van der Waals surface area contributed by atoms with Gasteiger partial charge >= 0.3 is 5.97 Å². The molecule has 2 amide bonds. The van der Waals surface area contributed by atoms with Crippen LogP contribution in [0.1, 0.15) is 13.3 Å². The molecule has 0 aliphatic carbocycles. The van der Waals surface area contributed by atoms with Crippen LogP contribution in [0.25, 0.3) is 0 Å². The van der Waals surface area contributed by atoms with Gasteiger partial charge in [-0.1, -0.05) is 0 Å². The number of aliphatic hydroxyl groups excluding tert-OH is 1. The van der Waals surface area contributed by atoms with E-state index in [2.05, 4.69) is 10.1 Å². The molecule has 1 rings (SSSR count). The van der Waals surface area contributed by atoms with Crippen molar-refractivity contribution in [3.8, 4) is 0 Å². The number of carbonyl (C=O) groups is 3. The molecule has 1 saturated heterocycles. The molecule has 0 saturated carbocycles. The van der Waals surface area contributed by atoms with Crippen LogP contribution in [-0.4, -0.2) is 60.6 Å². The van der Waals surface area contributed by atoms with Crippen molar-refractivity contribution >= 4 is 17.8 Å². The van der Waals surface area contributed by atoms with Gasteiger partial charge in [0, 0.05) is 19.5 Å². The Morgan fingerprint density at radius 2 is 2.28 bits per heavy atom. The van der Waals surface area contributed by atoms with Gasteiger partial charge in [-0.3, -0.25) is 9.59 Å². The highest BCUT2D eigenvalue weighted by Gasteiger charge is 2.33. The Hall–Kier alpha value is -1.63. The summed E-state index contributed by atoms with van der Waals surface area (Å²) in [6.07, 6.45) is -1.20. The molecular weight excluding hydrogens is 240 g/mol. The smallest absolute Gasteiger partial charge is 0.336 e. The molecule has 1 aliphatic rings. The molecule has 0 aromatic rings. The maximum atomic E-state index is 11.7. The van der Waals surface area contributed by atoms with E-state index in [4.69, 9.17) is 0 Å². The predicted octanol–water partition coefficient (Wildman–Crippen LogP) is -1.50. The number of methoxy groups -OCH3 is 1. The zero-order valence-electron chi connectivity index (χ0n) is 10.5. The second kappa shape index (κ2) is 6.34. The van der Waals surface area contributed by atoms with Crippen LogP contribution in [0, 0.1) is 5.92 Å². The molecule has 0 spiro atoms. The van der Waals surface area contributed by atoms with Crippen LogP contribution < -0.4 is 5.32 Å². The summed E-state index contributed by atoms with van der Waals surface area (Å²) in [5.74, 6) is -1.59. The second-order valence-corrected chi connectivity index (χ2v) is 4.12. The van der Waals surface area contributed by atoms with E-state index < -0.39 is 18.0 Å². The van der Waals surface area contributed by atoms with Crippen molar-refractivity contribution < 1.29 is 24.2 Å². The van der Waals surface area contributed by atoms with E-state index >= 15 is 0 Å². The Morgan fingerprint density at radius 3 is 2.78 bits per heavy atom. The summed E-state index contributed by atoms with van der Waals surface area (Å²) in [5, 5.41) is 11.7. The number of esters is 1. The first-order valence-electron chi connectivity index (χ1n) is 5.81. The monoisotopic (exact) mass is 258 g/mol. The number of ether oxygens (including phenoxy) is 1. The van der Waals surface area contributed by atoms with Gasteiger partial charge in [-0.15, -0.1) is 0 Å². The first kappa shape index (κ1) is 14.4. The lowest BCUT2D eigenvalue weighted by molar-refractivity contribution is -0.150. The summed E-state index contributed by atoms with van der Waals surface area (Å²) in [5.41, 5.74) is 0. The van der Waals surface area contributed by atoms with Crippen molar-refractivity contribution in [2.24, 2.45) is 5.92 Å². The van der Waals surface area contributed by atoms with Crippen LogP contribution >= 0.6 is 0 Å². The Labute approximate surface area is 105 Å². The number of hydrogen-bond acceptors (Lipinski definition) is 5. The highest BCUT2D eigenvalue weighted by molar-refractivity contribution is 5.89. The van der Waals surface area contributed by atoms with Crippen LogP contribution in [0.4, 0.5) is 0 Å². The van der Waals surface area contributed by atoms with Gasteiger partial charge in [0.1, 0.15) is 0 Å². The Morgan fingerprint density at radius 1 is 1.61 bits per heavy atom. The van der Waals surface area contributed by atoms with E-state index in [0.717, 1.165) is 7.11 Å². The van der Waals surface area contributed by atoms with E-state index in [9.17, 15) is 19.5 Å². The number of nitrogens with one attached hydrogen (secondary N) is 1. The number of nitrogens with zero attached hydrogens (tertiary/aromatic N) is 1. The van der Waals surface area contributed by atoms with E-state index in [-0.39, 0.29) is 24.8 Å². The summed E-state index contributed by atoms with van der Waals surface area (Å²) < 4.78 is 4.32. The van der Waals surface area contributed by atoms with Crippen molar-refractivity contribution in [2.75, 3.05) is 26.7 Å². The van der Waals surface area contributed by atoms with Crippen LogP contribution in [0.5, 0.6) is 0 Å². The molecule has 0 bridgehead atoms. The van der Waals surface area contributed by atoms with Gasteiger partial charge in [0.2, 0.25) is 11.8 Å². The number of likely N-dealkylation sites (tertiary alicyclic amines) is 1. The minimum absolute atomic E-state index is 0.0498. The third-order valence-corrected chi connectivity index (χ3v) is 2.91. The van der Waals surface area contributed by atoms with Crippen LogP contribution in [0.3, 0.4) is 0 Å². The topological polar surface area (TPSA) is 95.9 Å². The maximum absolute atomic E-state index is 11.7. The van der Waals surface area contributed by atoms with E-state index in [0.29, 0.717) is 13.1 Å². The number of amides is 2. The quantitative estimate of drug-likeness (QED) is 0.585. The van der Waals surface area contributed by atoms with Gasteiger partial charge in [-0.2, -0.15) is 0 Å². The van der Waals surface area contributed by atoms with Crippen LogP contribution in [-0.2, 0) is 19.1 Å². The second-order valence-electron chi connectivity index (χ2n) is 4.12. The first-order valence-corrected chi connectivity index (χ1v) is 5.81. The fraction of sp³-hybridized carbons (Fsp3) is 0.727. The SMILES string of the molecule is CCN1CC(C(=O)NCC(O)C(=O)OC)CC1=O. The van der Waals surface area contributed by atoms with Crippen LogP contribution in [0.2, 0.25) is 0 Å². The highest BCUT2D eigenvalue weighted by atomic mass is 16.5. The van der Waals surface area contributed by atoms with Gasteiger partial charge in [0.15, 0.2) is 6.10 Å². The molecule has 1 heterocycles. The fourth-order valence-electron chi connectivity index (χ4n) is 1.81. The molecule has 7 heteroatoms. The van der Waals surface area contributed by atoms with Gasteiger partial charge in [-0.25, -0.2) is 4.79 Å². The van der Waals surface area contributed by atoms with Crippen molar-refractivity contribution in [1.29, 1.82) is 0 Å². The number of aliphatic hydroxyl groups is 1. The molecule has 2 N–H and O–H groups in total. The van der Waals surface area contributed by atoms with E-state index in [1.807, 2.05) is 6.92 Å². The molecular formula is C11H18N2O5. The Bertz CT molecular complexity index is 344. The van der Waals surface area contributed by atoms with Gasteiger partial charge in [0.05, 0.1) is 19.6 Å². The predicted molar refractivity (Wildman–Crippen MR) is 61.4 cm³/mol. The fourth-order valence-corrected chi connectivity index (χ4v) is 1.81. The third-order valence-electron chi connectivity index (χ3n) is 2.91. The van der Waals surface area contributed by atoms with E-state index in [1.54, 1.807) is 4.90 Å². The largest absolute Gasteiger partial charge is 0.467 e. The number of carbonyl (C=O) groups excluding carboxylic acids is 3. The van der Waals surface area contributed by atoms with Gasteiger partial charge in [0.25, 0.3) is 0 Å². The minimum Gasteiger partial charge on any atom is -0.467 e. The summed E-state index contributed by atoms with van der Waals surface area (Å²) in [6.45, 7) is 2.60. The third kappa shape index (κ3) is 3.43. The summed E-state index contributed by atoms with van der Waals surface area (Å²) in [7, 11) is 1.15. The standard InChI is InChI=1S/C11H18N2O5/c1-3-13-6-7(4-9(13)15)10(16)12-5-8(14)11(17)18-2/h7-8,14H,3-6H2,1-2H3,(H,12,16). The summed E-state index contributed by atoms with van der Waals surface area (Å²) in [4.78, 5) is 35.7. The summed E-state index contributed by atoms with van der Waals surface area (Å²) >= 11 is 0. The molecule has 0 aromatic heterocycles.